The molecule has 0 spiro atoms. The van der Waals surface area contributed by atoms with Crippen LogP contribution in [0.25, 0.3) is 0 Å². The maximum atomic E-state index is 9.71. The summed E-state index contributed by atoms with van der Waals surface area (Å²) >= 11 is 0. The van der Waals surface area contributed by atoms with Crippen LogP contribution in [0.15, 0.2) is 18.2 Å². The Balaban J connectivity index is 2.88. The van der Waals surface area contributed by atoms with Gasteiger partial charge in [-0.25, -0.2) is 0 Å². The summed E-state index contributed by atoms with van der Waals surface area (Å²) in [6.07, 6.45) is 1.33. The van der Waals surface area contributed by atoms with Crippen LogP contribution in [0.4, 0.5) is 5.69 Å². The van der Waals surface area contributed by atoms with Crippen LogP contribution in [-0.4, -0.2) is 5.11 Å². The van der Waals surface area contributed by atoms with Crippen molar-refractivity contribution in [3.63, 3.8) is 0 Å². The summed E-state index contributed by atoms with van der Waals surface area (Å²) in [5, 5.41) is 9.71. The third-order valence-corrected chi connectivity index (χ3v) is 2.16. The molecule has 3 N–H and O–H groups in total. The Kier molecular flexibility index (Phi) is 3.32. The summed E-state index contributed by atoms with van der Waals surface area (Å²) in [5.74, 6) is 0. The molecule has 1 aromatic rings. The number of hydrogen-bond acceptors (Lipinski definition) is 2. The van der Waals surface area contributed by atoms with Crippen molar-refractivity contribution in [3.05, 3.63) is 29.3 Å². The molecule has 2 nitrogen and oxygen atoms in total. The molecular formula is C11H17NO. The molecule has 1 aromatic carbocycles. The Morgan fingerprint density at radius 2 is 2.15 bits per heavy atom. The van der Waals surface area contributed by atoms with Gasteiger partial charge in [0, 0.05) is 11.3 Å². The van der Waals surface area contributed by atoms with Crippen molar-refractivity contribution < 1.29 is 5.11 Å². The highest BCUT2D eigenvalue weighted by Crippen LogP contribution is 2.24. The lowest BCUT2D eigenvalue weighted by Gasteiger charge is -2.12. The zero-order valence-electron chi connectivity index (χ0n) is 8.25. The minimum absolute atomic E-state index is 0.411. The van der Waals surface area contributed by atoms with Crippen LogP contribution < -0.4 is 5.73 Å². The molecule has 1 atom stereocenters. The van der Waals surface area contributed by atoms with E-state index in [-0.39, 0.29) is 0 Å². The van der Waals surface area contributed by atoms with Gasteiger partial charge in [0.05, 0.1) is 6.10 Å². The van der Waals surface area contributed by atoms with E-state index in [1.54, 1.807) is 0 Å². The average molecular weight is 179 g/mol. The van der Waals surface area contributed by atoms with Crippen molar-refractivity contribution in [2.75, 3.05) is 5.73 Å². The number of benzene rings is 1. The van der Waals surface area contributed by atoms with Crippen LogP contribution in [0.2, 0.25) is 0 Å². The summed E-state index contributed by atoms with van der Waals surface area (Å²) in [6.45, 7) is 4.04. The van der Waals surface area contributed by atoms with E-state index in [2.05, 4.69) is 0 Å². The van der Waals surface area contributed by atoms with Gasteiger partial charge in [-0.05, 0) is 25.0 Å². The highest BCUT2D eigenvalue weighted by atomic mass is 16.3. The van der Waals surface area contributed by atoms with E-state index < -0.39 is 6.10 Å². The third-order valence-electron chi connectivity index (χ3n) is 2.16. The van der Waals surface area contributed by atoms with Crippen molar-refractivity contribution in [3.8, 4) is 0 Å². The highest BCUT2D eigenvalue weighted by Gasteiger charge is 2.09. The van der Waals surface area contributed by atoms with E-state index in [4.69, 9.17) is 5.73 Å². The van der Waals surface area contributed by atoms with E-state index >= 15 is 0 Å². The monoisotopic (exact) mass is 179 g/mol. The van der Waals surface area contributed by atoms with Crippen molar-refractivity contribution in [1.29, 1.82) is 0 Å². The fourth-order valence-electron chi connectivity index (χ4n) is 1.43. The summed E-state index contributed by atoms with van der Waals surface area (Å²) < 4.78 is 0. The Morgan fingerprint density at radius 1 is 1.46 bits per heavy atom. The molecule has 0 saturated heterocycles. The maximum absolute atomic E-state index is 9.71. The first kappa shape index (κ1) is 10.1. The van der Waals surface area contributed by atoms with Crippen LogP contribution in [0.3, 0.4) is 0 Å². The molecule has 72 valence electrons. The van der Waals surface area contributed by atoms with Gasteiger partial charge in [0.2, 0.25) is 0 Å². The molecule has 2 heteroatoms. The number of nitrogen functional groups attached to an aromatic ring is 1. The van der Waals surface area contributed by atoms with Gasteiger partial charge in [-0.3, -0.25) is 0 Å². The van der Waals surface area contributed by atoms with Gasteiger partial charge in [0.1, 0.15) is 0 Å². The molecule has 1 unspecified atom stereocenters. The third kappa shape index (κ3) is 2.46. The van der Waals surface area contributed by atoms with Crippen LogP contribution >= 0.6 is 0 Å². The van der Waals surface area contributed by atoms with Crippen LogP contribution in [0, 0.1) is 6.92 Å². The molecule has 0 aliphatic carbocycles. The molecular weight excluding hydrogens is 162 g/mol. The molecule has 0 radical (unpaired) electrons. The van der Waals surface area contributed by atoms with Crippen molar-refractivity contribution in [1.82, 2.24) is 0 Å². The number of rotatable bonds is 3. The fraction of sp³-hybridized carbons (Fsp3) is 0.455. The predicted molar refractivity (Wildman–Crippen MR) is 55.5 cm³/mol. The van der Waals surface area contributed by atoms with E-state index in [0.717, 1.165) is 24.0 Å². The maximum Gasteiger partial charge on any atom is 0.0809 e. The first-order valence-corrected chi connectivity index (χ1v) is 4.69. The molecule has 0 heterocycles. The second-order valence-electron chi connectivity index (χ2n) is 3.44. The molecule has 13 heavy (non-hydrogen) atoms. The number of hydrogen-bond donors (Lipinski definition) is 2. The quantitative estimate of drug-likeness (QED) is 0.700. The zero-order chi connectivity index (χ0) is 9.84. The zero-order valence-corrected chi connectivity index (χ0v) is 8.25. The minimum atomic E-state index is -0.411. The Morgan fingerprint density at radius 3 is 2.69 bits per heavy atom. The normalized spacial score (nSPS) is 12.8. The molecule has 0 fully saturated rings. The highest BCUT2D eigenvalue weighted by molar-refractivity contribution is 5.50. The standard InChI is InChI=1S/C11H17NO/c1-3-4-11(13)9-6-5-8(2)7-10(9)12/h5-7,11,13H,3-4,12H2,1-2H3. The summed E-state index contributed by atoms with van der Waals surface area (Å²) in [6, 6.07) is 5.78. The summed E-state index contributed by atoms with van der Waals surface area (Å²) in [7, 11) is 0. The van der Waals surface area contributed by atoms with E-state index in [1.165, 1.54) is 0 Å². The smallest absolute Gasteiger partial charge is 0.0809 e. The van der Waals surface area contributed by atoms with Gasteiger partial charge in [0.15, 0.2) is 0 Å². The molecule has 0 saturated carbocycles. The second-order valence-corrected chi connectivity index (χ2v) is 3.44. The van der Waals surface area contributed by atoms with E-state index in [1.807, 2.05) is 32.0 Å². The van der Waals surface area contributed by atoms with Gasteiger partial charge in [-0.2, -0.15) is 0 Å². The topological polar surface area (TPSA) is 46.2 Å². The summed E-state index contributed by atoms with van der Waals surface area (Å²) in [5.41, 5.74) is 8.47. The fourth-order valence-corrected chi connectivity index (χ4v) is 1.43. The lowest BCUT2D eigenvalue weighted by Crippen LogP contribution is -2.01. The number of aryl methyl sites for hydroxylation is 1. The van der Waals surface area contributed by atoms with Crippen LogP contribution in [0.5, 0.6) is 0 Å². The number of aliphatic hydroxyl groups is 1. The second kappa shape index (κ2) is 4.28. The van der Waals surface area contributed by atoms with Crippen LogP contribution in [0.1, 0.15) is 37.0 Å². The Labute approximate surface area is 79.4 Å². The van der Waals surface area contributed by atoms with Gasteiger partial charge in [0.25, 0.3) is 0 Å². The number of nitrogens with two attached hydrogens (primary N) is 1. The lowest BCUT2D eigenvalue weighted by atomic mass is 10.0. The van der Waals surface area contributed by atoms with Crippen LogP contribution in [-0.2, 0) is 0 Å². The summed E-state index contributed by atoms with van der Waals surface area (Å²) in [4.78, 5) is 0. The van der Waals surface area contributed by atoms with Crippen molar-refractivity contribution >= 4 is 5.69 Å². The van der Waals surface area contributed by atoms with Gasteiger partial charge >= 0.3 is 0 Å². The van der Waals surface area contributed by atoms with Gasteiger partial charge in [-0.15, -0.1) is 0 Å². The molecule has 0 aromatic heterocycles. The number of anilines is 1. The van der Waals surface area contributed by atoms with E-state index in [0.29, 0.717) is 5.69 Å². The average Bonchev–Trinajstić information content (AvgIpc) is 2.04. The van der Waals surface area contributed by atoms with E-state index in [9.17, 15) is 5.11 Å². The lowest BCUT2D eigenvalue weighted by molar-refractivity contribution is 0.167. The Bertz CT molecular complexity index is 283. The number of aliphatic hydroxyl groups excluding tert-OH is 1. The molecule has 0 bridgehead atoms. The predicted octanol–water partition coefficient (Wildman–Crippen LogP) is 2.41. The SMILES string of the molecule is CCCC(O)c1ccc(C)cc1N. The first-order valence-electron chi connectivity index (χ1n) is 4.69. The molecule has 0 amide bonds. The molecule has 1 rings (SSSR count). The molecule has 0 aliphatic rings. The van der Waals surface area contributed by atoms with Crippen molar-refractivity contribution in [2.45, 2.75) is 32.8 Å². The minimum Gasteiger partial charge on any atom is -0.398 e. The largest absolute Gasteiger partial charge is 0.398 e. The first-order chi connectivity index (χ1) is 6.15. The van der Waals surface area contributed by atoms with Crippen molar-refractivity contribution in [2.24, 2.45) is 0 Å². The van der Waals surface area contributed by atoms with Gasteiger partial charge in [-0.1, -0.05) is 25.5 Å². The van der Waals surface area contributed by atoms with Gasteiger partial charge < -0.3 is 10.8 Å². The molecule has 0 aliphatic heterocycles. The Hall–Kier alpha value is -1.02.